The molecule has 114 heavy (non-hydrogen) atoms. The molecule has 16 nitrogen and oxygen atoms in total. The molecule has 530 valence electrons. The van der Waals surface area contributed by atoms with E-state index in [1.807, 2.05) is 279 Å². The first-order valence-electron chi connectivity index (χ1n) is 37.1. The number of hydrogen-bond acceptors (Lipinski definition) is 14. The molecular formula is C98H58N16. The Labute approximate surface area is 653 Å². The second kappa shape index (κ2) is 28.7. The Bertz CT molecular complexity index is 6620. The first kappa shape index (κ1) is 67.1. The third-order valence-electron chi connectivity index (χ3n) is 20.4. The topological polar surface area (TPSA) is 212 Å². The lowest BCUT2D eigenvalue weighted by Gasteiger charge is -2.20. The molecule has 20 rings (SSSR count). The second-order valence-corrected chi connectivity index (χ2v) is 27.4. The first-order valence-corrected chi connectivity index (χ1v) is 37.1. The lowest BCUT2D eigenvalue weighted by Crippen LogP contribution is -2.07. The van der Waals surface area contributed by atoms with E-state index in [9.17, 15) is 10.5 Å². The van der Waals surface area contributed by atoms with E-state index in [1.165, 1.54) is 0 Å². The zero-order valence-corrected chi connectivity index (χ0v) is 60.6. The van der Waals surface area contributed by atoms with Crippen molar-refractivity contribution in [3.63, 3.8) is 0 Å². The highest BCUT2D eigenvalue weighted by Crippen LogP contribution is 2.46. The van der Waals surface area contributed by atoms with Gasteiger partial charge in [-0.25, -0.2) is 59.8 Å². The van der Waals surface area contributed by atoms with Gasteiger partial charge in [0.1, 0.15) is 11.6 Å². The molecule has 0 fully saturated rings. The molecule has 0 unspecified atom stereocenters. The summed E-state index contributed by atoms with van der Waals surface area (Å²) in [6.45, 7) is 0. The van der Waals surface area contributed by atoms with Gasteiger partial charge in [0, 0.05) is 93.9 Å². The second-order valence-electron chi connectivity index (χ2n) is 27.4. The molecule has 0 N–H and O–H groups in total. The standard InChI is InChI=1S/C98H58N16/c99-59-61-26-25-43-70(54-61)75-52-53-81(113-82-55-71(95-105-87(62-27-9-1-10-28-62)101-88(106-95)63-29-11-2-12-30-63)44-48-76(82)77-49-45-72(56-83(77)113)96-107-89(64-31-13-3-14-32-64)102-90(108-96)65-33-15-4-16-34-65)80(60-100)86(75)114-84-57-73(97-109-91(66-35-17-5-18-36-66)103-92(110-97)67-37-19-6-20-38-67)46-50-78(84)79-51-47-74(58-85(79)114)98-111-93(68-39-21-7-22-40-68)104-94(112-98)69-41-23-8-24-42-69/h1-58H. The minimum Gasteiger partial charge on any atom is -0.308 e. The van der Waals surface area contributed by atoms with E-state index >= 15 is 0 Å². The Kier molecular flexibility index (Phi) is 16.9. The first-order chi connectivity index (χ1) is 56.4. The van der Waals surface area contributed by atoms with E-state index in [4.69, 9.17) is 59.8 Å². The van der Waals surface area contributed by atoms with Crippen molar-refractivity contribution >= 4 is 43.6 Å². The van der Waals surface area contributed by atoms with Crippen LogP contribution in [-0.4, -0.2) is 68.9 Å². The summed E-state index contributed by atoms with van der Waals surface area (Å²) in [5.41, 5.74) is 15.3. The SMILES string of the molecule is N#Cc1cccc(-c2ccc(-n3c4cc(-c5nc(-c6ccccc6)nc(-c6ccccc6)n5)ccc4c4ccc(-c5nc(-c6ccccc6)nc(-c6ccccc6)n5)cc43)c(C#N)c2-n2c3cc(-c4nc(-c5ccccc5)nc(-c5ccccc5)n4)ccc3c3ccc(-c4nc(-c5ccccc5)nc(-c5ccccc5)n4)cc32)c1. The maximum atomic E-state index is 13.0. The summed E-state index contributed by atoms with van der Waals surface area (Å²) in [4.78, 5) is 62.5. The van der Waals surface area contributed by atoms with Gasteiger partial charge in [-0.05, 0) is 48.0 Å². The Hall–Kier alpha value is -16.3. The third-order valence-corrected chi connectivity index (χ3v) is 20.4. The van der Waals surface area contributed by atoms with E-state index in [2.05, 4.69) is 88.0 Å². The molecule has 0 spiro atoms. The van der Waals surface area contributed by atoms with Gasteiger partial charge in [0.2, 0.25) is 0 Å². The van der Waals surface area contributed by atoms with Crippen molar-refractivity contribution in [2.24, 2.45) is 0 Å². The predicted octanol–water partition coefficient (Wildman–Crippen LogP) is 22.0. The molecule has 16 heteroatoms. The summed E-state index contributed by atoms with van der Waals surface area (Å²) >= 11 is 0. The van der Waals surface area contributed by atoms with Crippen molar-refractivity contribution in [2.45, 2.75) is 0 Å². The molecule has 14 aromatic carbocycles. The molecule has 6 aromatic heterocycles. The van der Waals surface area contributed by atoms with Gasteiger partial charge in [0.25, 0.3) is 0 Å². The summed E-state index contributed by atoms with van der Waals surface area (Å²) in [6, 6.07) is 121. The molecular weight excluding hydrogens is 1400 g/mol. The van der Waals surface area contributed by atoms with E-state index in [0.29, 0.717) is 131 Å². The van der Waals surface area contributed by atoms with Gasteiger partial charge in [0.05, 0.1) is 45.1 Å². The summed E-state index contributed by atoms with van der Waals surface area (Å²) in [6.07, 6.45) is 0. The van der Waals surface area contributed by atoms with Crippen LogP contribution in [-0.2, 0) is 0 Å². The molecule has 20 aromatic rings. The molecule has 0 amide bonds. The van der Waals surface area contributed by atoms with E-state index < -0.39 is 0 Å². The van der Waals surface area contributed by atoms with Crippen LogP contribution in [0.15, 0.2) is 352 Å². The highest BCUT2D eigenvalue weighted by Gasteiger charge is 2.28. The lowest BCUT2D eigenvalue weighted by molar-refractivity contribution is 1.07. The van der Waals surface area contributed by atoms with Gasteiger partial charge in [-0.1, -0.05) is 309 Å². The minimum atomic E-state index is 0.283. The van der Waals surface area contributed by atoms with E-state index in [0.717, 1.165) is 77.1 Å². The Morgan fingerprint density at radius 2 is 0.430 bits per heavy atom. The quantitative estimate of drug-likeness (QED) is 0.0934. The zero-order chi connectivity index (χ0) is 76.0. The fourth-order valence-electron chi connectivity index (χ4n) is 14.9. The van der Waals surface area contributed by atoms with Crippen molar-refractivity contribution in [3.05, 3.63) is 363 Å². The van der Waals surface area contributed by atoms with Crippen LogP contribution < -0.4 is 0 Å². The smallest absolute Gasteiger partial charge is 0.164 e. The number of rotatable bonds is 15. The Morgan fingerprint density at radius 1 is 0.193 bits per heavy atom. The average molecular weight is 1460 g/mol. The maximum absolute atomic E-state index is 13.0. The van der Waals surface area contributed by atoms with Gasteiger partial charge in [-0.2, -0.15) is 10.5 Å². The summed E-state index contributed by atoms with van der Waals surface area (Å²) in [5, 5.41) is 27.2. The molecule has 0 aliphatic carbocycles. The van der Waals surface area contributed by atoms with Gasteiger partial charge in [0.15, 0.2) is 69.9 Å². The van der Waals surface area contributed by atoms with Crippen LogP contribution in [0.5, 0.6) is 0 Å². The van der Waals surface area contributed by atoms with Crippen molar-refractivity contribution in [2.75, 3.05) is 0 Å². The number of hydrogen-bond donors (Lipinski definition) is 0. The van der Waals surface area contributed by atoms with E-state index in [-0.39, 0.29) is 5.56 Å². The fraction of sp³-hybridized carbons (Fsp3) is 0. The monoisotopic (exact) mass is 1460 g/mol. The van der Waals surface area contributed by atoms with Crippen molar-refractivity contribution in [3.8, 4) is 171 Å². The average Bonchev–Trinajstić information content (AvgIpc) is 1.55. The summed E-state index contributed by atoms with van der Waals surface area (Å²) < 4.78 is 4.34. The molecule has 0 atom stereocenters. The van der Waals surface area contributed by atoms with Crippen LogP contribution >= 0.6 is 0 Å². The highest BCUT2D eigenvalue weighted by molar-refractivity contribution is 6.14. The van der Waals surface area contributed by atoms with E-state index in [1.54, 1.807) is 6.07 Å². The van der Waals surface area contributed by atoms with Gasteiger partial charge in [-0.15, -0.1) is 0 Å². The molecule has 6 heterocycles. The van der Waals surface area contributed by atoms with Crippen molar-refractivity contribution in [1.29, 1.82) is 10.5 Å². The largest absolute Gasteiger partial charge is 0.308 e. The fourth-order valence-corrected chi connectivity index (χ4v) is 14.9. The Balaban J connectivity index is 0.897. The number of aromatic nitrogens is 14. The van der Waals surface area contributed by atoms with Crippen LogP contribution in [0.3, 0.4) is 0 Å². The number of nitriles is 2. The van der Waals surface area contributed by atoms with Gasteiger partial charge in [-0.3, -0.25) is 0 Å². The van der Waals surface area contributed by atoms with Crippen LogP contribution in [0.4, 0.5) is 0 Å². The molecule has 0 radical (unpaired) electrons. The highest BCUT2D eigenvalue weighted by atomic mass is 15.1. The van der Waals surface area contributed by atoms with Crippen LogP contribution in [0.2, 0.25) is 0 Å². The van der Waals surface area contributed by atoms with Gasteiger partial charge >= 0.3 is 0 Å². The van der Waals surface area contributed by atoms with Gasteiger partial charge < -0.3 is 9.13 Å². The normalized spacial score (nSPS) is 11.3. The molecule has 0 aliphatic heterocycles. The molecule has 0 saturated heterocycles. The molecule has 0 bridgehead atoms. The summed E-state index contributed by atoms with van der Waals surface area (Å²) in [7, 11) is 0. The van der Waals surface area contributed by atoms with Crippen molar-refractivity contribution < 1.29 is 0 Å². The van der Waals surface area contributed by atoms with Crippen LogP contribution in [0.25, 0.3) is 203 Å². The molecule has 0 saturated carbocycles. The van der Waals surface area contributed by atoms with Crippen LogP contribution in [0, 0.1) is 22.7 Å². The predicted molar refractivity (Wildman–Crippen MR) is 449 cm³/mol. The Morgan fingerprint density at radius 3 is 0.675 bits per heavy atom. The van der Waals surface area contributed by atoms with Crippen molar-refractivity contribution in [1.82, 2.24) is 68.9 Å². The number of nitrogens with zero attached hydrogens (tertiary/aromatic N) is 16. The third kappa shape index (κ3) is 12.4. The molecule has 0 aliphatic rings. The zero-order valence-electron chi connectivity index (χ0n) is 60.6. The maximum Gasteiger partial charge on any atom is 0.164 e. The van der Waals surface area contributed by atoms with Crippen LogP contribution in [0.1, 0.15) is 11.1 Å². The summed E-state index contributed by atoms with van der Waals surface area (Å²) in [5.74, 6) is 5.74. The number of benzene rings is 14. The minimum absolute atomic E-state index is 0.283. The number of fused-ring (bicyclic) bond motifs is 6. The lowest BCUT2D eigenvalue weighted by atomic mass is 9.96.